The van der Waals surface area contributed by atoms with Gasteiger partial charge in [-0.2, -0.15) is 149 Å². The molecule has 0 unspecified atom stereocenters. The number of hydrogen-bond acceptors (Lipinski definition) is 1. The lowest BCUT2D eigenvalue weighted by Gasteiger charge is -2.42. The lowest BCUT2D eigenvalue weighted by atomic mass is 9.87. The minimum Gasteiger partial charge on any atom is -0.258 e. The highest BCUT2D eigenvalue weighted by Gasteiger charge is 2.96. The first kappa shape index (κ1) is 56.8. The molecule has 0 radical (unpaired) electrons. The molecule has 0 spiro atoms. The molecular weight excluding hydrogens is 984 g/mol. The molecular formula is C27H15F34N. The number of pyridine rings is 1. The number of nitrogens with zero attached hydrogens (tertiary/aromatic N) is 1. The summed E-state index contributed by atoms with van der Waals surface area (Å²) >= 11 is 0. The Morgan fingerprint density at radius 1 is 0.274 bits per heavy atom. The molecule has 0 N–H and O–H groups in total. The lowest BCUT2D eigenvalue weighted by Crippen LogP contribution is -2.74. The van der Waals surface area contributed by atoms with Crippen molar-refractivity contribution in [3.63, 3.8) is 0 Å². The average molecular weight is 999 g/mol. The Hall–Kier alpha value is -3.23. The van der Waals surface area contributed by atoms with Crippen LogP contribution in [0.5, 0.6) is 0 Å². The molecule has 1 aromatic rings. The van der Waals surface area contributed by atoms with Gasteiger partial charge in [0.05, 0.1) is 0 Å². The Bertz CT molecular complexity index is 1580. The zero-order valence-electron chi connectivity index (χ0n) is 28.3. The highest BCUT2D eigenvalue weighted by Crippen LogP contribution is 2.66. The highest BCUT2D eigenvalue weighted by atomic mass is 19.4. The summed E-state index contributed by atoms with van der Waals surface area (Å²) in [7, 11) is 0. The van der Waals surface area contributed by atoms with E-state index in [1.165, 1.54) is 0 Å². The van der Waals surface area contributed by atoms with Crippen LogP contribution >= 0.6 is 0 Å². The fourth-order valence-electron chi connectivity index (χ4n) is 4.50. The summed E-state index contributed by atoms with van der Waals surface area (Å²) in [6, 6.07) is 1.61. The Balaban J connectivity index is 3.26. The van der Waals surface area contributed by atoms with Crippen LogP contribution in [0.2, 0.25) is 0 Å². The summed E-state index contributed by atoms with van der Waals surface area (Å²) in [5.41, 5.74) is -1.83. The molecule has 0 aromatic carbocycles. The van der Waals surface area contributed by atoms with Crippen molar-refractivity contribution in [3.05, 3.63) is 29.6 Å². The molecule has 0 aliphatic heterocycles. The maximum Gasteiger partial charge on any atom is 0.460 e. The number of alkyl halides is 34. The van der Waals surface area contributed by atoms with Gasteiger partial charge in [-0.25, -0.2) is 0 Å². The second-order valence-electron chi connectivity index (χ2n) is 12.6. The molecule has 0 saturated carbocycles. The van der Waals surface area contributed by atoms with Crippen molar-refractivity contribution in [1.29, 1.82) is 0 Å². The molecule has 366 valence electrons. The van der Waals surface area contributed by atoms with E-state index in [9.17, 15) is 149 Å². The molecule has 1 rings (SSSR count). The van der Waals surface area contributed by atoms with Crippen molar-refractivity contribution in [2.45, 2.75) is 134 Å². The van der Waals surface area contributed by atoms with Gasteiger partial charge >= 0.3 is 95.3 Å². The van der Waals surface area contributed by atoms with E-state index in [4.69, 9.17) is 0 Å². The van der Waals surface area contributed by atoms with E-state index in [1.54, 1.807) is 0 Å². The molecule has 0 fully saturated rings. The van der Waals surface area contributed by atoms with Gasteiger partial charge in [0.25, 0.3) is 0 Å². The summed E-state index contributed by atoms with van der Waals surface area (Å²) in [4.78, 5) is 3.22. The monoisotopic (exact) mass is 999 g/mol. The van der Waals surface area contributed by atoms with Crippen LogP contribution in [-0.4, -0.2) is 100 Å². The van der Waals surface area contributed by atoms with Crippen LogP contribution in [0, 0.1) is 0 Å². The normalized spacial score (nSPS) is 16.3. The van der Waals surface area contributed by atoms with Gasteiger partial charge in [-0.1, -0.05) is 6.07 Å². The first-order valence-corrected chi connectivity index (χ1v) is 15.0. The van der Waals surface area contributed by atoms with Gasteiger partial charge in [-0.15, -0.1) is 0 Å². The van der Waals surface area contributed by atoms with Crippen molar-refractivity contribution < 1.29 is 149 Å². The van der Waals surface area contributed by atoms with E-state index in [0.29, 0.717) is 18.2 Å². The quantitative estimate of drug-likeness (QED) is 0.119. The minimum atomic E-state index is -8.91. The minimum absolute atomic E-state index is 0.523. The highest BCUT2D eigenvalue weighted by molar-refractivity contribution is 5.17. The molecule has 1 aromatic heterocycles. The van der Waals surface area contributed by atoms with Crippen molar-refractivity contribution in [3.8, 4) is 0 Å². The fourth-order valence-corrected chi connectivity index (χ4v) is 4.50. The van der Waals surface area contributed by atoms with Crippen LogP contribution in [0.3, 0.4) is 0 Å². The number of hydrogen-bond donors (Lipinski definition) is 0. The second-order valence-corrected chi connectivity index (χ2v) is 12.6. The van der Waals surface area contributed by atoms with Crippen LogP contribution in [-0.2, 0) is 12.8 Å². The third-order valence-corrected chi connectivity index (χ3v) is 8.29. The average Bonchev–Trinajstić information content (AvgIpc) is 3.06. The van der Waals surface area contributed by atoms with Gasteiger partial charge in [0.2, 0.25) is 0 Å². The number of halogens is 34. The molecule has 1 nitrogen and oxygen atoms in total. The number of rotatable bonds is 20. The van der Waals surface area contributed by atoms with E-state index in [1.807, 2.05) is 0 Å². The maximum absolute atomic E-state index is 14.1. The van der Waals surface area contributed by atoms with Crippen LogP contribution in [0.4, 0.5) is 149 Å². The van der Waals surface area contributed by atoms with Crippen molar-refractivity contribution in [2.24, 2.45) is 0 Å². The lowest BCUT2D eigenvalue weighted by molar-refractivity contribution is -0.461. The predicted molar refractivity (Wildman–Crippen MR) is 131 cm³/mol. The molecule has 1 heterocycles. The SMILES string of the molecule is FC(F)(F)C(F)(F)C(F)(F)C(F)(F)C(F)(F)C(F)(F)C(F)(F)C(F)(F)CCCc1cccc(CCCC(F)(F)C(F)(F)C(F)(F)C(F)(F)C(F)(F)C(F)(F)C(F)(F)C(F)(F)F)n1. The number of aromatic nitrogens is 1. The van der Waals surface area contributed by atoms with Crippen LogP contribution in [0.15, 0.2) is 18.2 Å². The van der Waals surface area contributed by atoms with Crippen molar-refractivity contribution in [2.75, 3.05) is 0 Å². The van der Waals surface area contributed by atoms with Crippen molar-refractivity contribution >= 4 is 0 Å². The van der Waals surface area contributed by atoms with Gasteiger partial charge in [0, 0.05) is 24.2 Å². The topological polar surface area (TPSA) is 12.9 Å². The van der Waals surface area contributed by atoms with E-state index in [-0.39, 0.29) is 0 Å². The van der Waals surface area contributed by atoms with Crippen molar-refractivity contribution in [1.82, 2.24) is 4.98 Å². The molecule has 0 atom stereocenters. The predicted octanol–water partition coefficient (Wildman–Crippen LogP) is 13.7. The molecule has 62 heavy (non-hydrogen) atoms. The smallest absolute Gasteiger partial charge is 0.258 e. The summed E-state index contributed by atoms with van der Waals surface area (Å²) in [6.07, 6.45) is -28.5. The van der Waals surface area contributed by atoms with Gasteiger partial charge in [0.15, 0.2) is 0 Å². The van der Waals surface area contributed by atoms with Gasteiger partial charge < -0.3 is 0 Å². The van der Waals surface area contributed by atoms with E-state index < -0.39 is 145 Å². The van der Waals surface area contributed by atoms with E-state index >= 15 is 0 Å². The summed E-state index contributed by atoms with van der Waals surface area (Å²) in [5.74, 6) is -117. The molecule has 0 aliphatic carbocycles. The van der Waals surface area contributed by atoms with Crippen LogP contribution < -0.4 is 0 Å². The molecule has 0 bridgehead atoms. The first-order valence-electron chi connectivity index (χ1n) is 15.0. The molecule has 0 amide bonds. The van der Waals surface area contributed by atoms with Crippen LogP contribution in [0.25, 0.3) is 0 Å². The Morgan fingerprint density at radius 2 is 0.468 bits per heavy atom. The van der Waals surface area contributed by atoms with Crippen LogP contribution in [0.1, 0.15) is 37.1 Å². The Morgan fingerprint density at radius 3 is 0.677 bits per heavy atom. The third-order valence-electron chi connectivity index (χ3n) is 8.29. The summed E-state index contributed by atoms with van der Waals surface area (Å²) < 4.78 is 456. The Labute approximate surface area is 318 Å². The molecule has 0 saturated heterocycles. The summed E-state index contributed by atoms with van der Waals surface area (Å²) in [5, 5.41) is 0. The second kappa shape index (κ2) is 15.7. The Kier molecular flexibility index (Phi) is 14.4. The molecule has 0 aliphatic rings. The largest absolute Gasteiger partial charge is 0.460 e. The standard InChI is InChI=1S/C27H15F34N/c28-12(29,14(32,33)16(36,37)18(40,41)20(44,45)22(48,49)24(52,53)26(56,57)58)8-2-6-10-4-1-5-11(62-10)7-3-9-13(30,31)15(34,35)17(38,39)19(42,43)21(46,47)23(50,51)25(54,55)27(59,60)61/h1,4-5H,2-3,6-9H2. The molecule has 35 heteroatoms. The zero-order chi connectivity index (χ0) is 50.2. The van der Waals surface area contributed by atoms with Gasteiger partial charge in [-0.3, -0.25) is 4.98 Å². The van der Waals surface area contributed by atoms with Gasteiger partial charge in [-0.05, 0) is 37.8 Å². The van der Waals surface area contributed by atoms with E-state index in [2.05, 4.69) is 4.98 Å². The fraction of sp³-hybridized carbons (Fsp3) is 0.815. The van der Waals surface area contributed by atoms with Gasteiger partial charge in [0.1, 0.15) is 0 Å². The third kappa shape index (κ3) is 8.20. The number of aryl methyl sites for hydroxylation is 2. The maximum atomic E-state index is 14.1. The first-order chi connectivity index (χ1) is 26.7. The van der Waals surface area contributed by atoms with E-state index in [0.717, 1.165) is 0 Å². The zero-order valence-corrected chi connectivity index (χ0v) is 28.3. The summed E-state index contributed by atoms with van der Waals surface area (Å²) in [6.45, 7) is 0.